The number of carbonyl (C=O) groups excluding carboxylic acids is 1. The molecule has 0 spiro atoms. The number of methoxy groups -OCH3 is 1. The summed E-state index contributed by atoms with van der Waals surface area (Å²) in [5.41, 5.74) is 0.791. The Morgan fingerprint density at radius 2 is 2.04 bits per heavy atom. The van der Waals surface area contributed by atoms with Crippen LogP contribution >= 0.6 is 11.6 Å². The average molecular weight is 352 g/mol. The number of carbonyl (C=O) groups is 1. The zero-order valence-corrected chi connectivity index (χ0v) is 14.5. The quantitative estimate of drug-likeness (QED) is 0.792. The third kappa shape index (κ3) is 4.61. The second kappa shape index (κ2) is 8.02. The van der Waals surface area contributed by atoms with E-state index < -0.39 is 11.9 Å². The van der Waals surface area contributed by atoms with Crippen molar-refractivity contribution in [3.63, 3.8) is 0 Å². The minimum absolute atomic E-state index is 0.235. The molecular weight excluding hydrogens is 333 g/mol. The highest BCUT2D eigenvalue weighted by Crippen LogP contribution is 2.24. The Morgan fingerprint density at radius 1 is 1.29 bits per heavy atom. The van der Waals surface area contributed by atoms with E-state index in [4.69, 9.17) is 21.1 Å². The lowest BCUT2D eigenvalue weighted by molar-refractivity contribution is -0.137. The Hall–Kier alpha value is -2.27. The first kappa shape index (κ1) is 18.1. The molecule has 0 heterocycles. The minimum atomic E-state index is -0.748. The number of amides is 1. The van der Waals surface area contributed by atoms with Crippen molar-refractivity contribution in [2.24, 2.45) is 0 Å². The van der Waals surface area contributed by atoms with Crippen LogP contribution in [0, 0.1) is 5.82 Å². The van der Waals surface area contributed by atoms with Crippen LogP contribution in [-0.4, -0.2) is 31.1 Å². The predicted molar refractivity (Wildman–Crippen MR) is 91.0 cm³/mol. The molecule has 0 radical (unpaired) electrons. The highest BCUT2D eigenvalue weighted by molar-refractivity contribution is 6.30. The first-order valence-electron chi connectivity index (χ1n) is 7.40. The molecule has 0 aliphatic rings. The molecule has 0 N–H and O–H groups in total. The van der Waals surface area contributed by atoms with E-state index in [2.05, 4.69) is 0 Å². The SMILES string of the molecule is COc1ccc(Cl)cc1CN(C)C(=O)C(C)Oc1cccc(F)c1. The van der Waals surface area contributed by atoms with Crippen LogP contribution in [-0.2, 0) is 11.3 Å². The van der Waals surface area contributed by atoms with Crippen molar-refractivity contribution in [3.8, 4) is 11.5 Å². The number of rotatable bonds is 6. The van der Waals surface area contributed by atoms with Gasteiger partial charge in [0.2, 0.25) is 0 Å². The van der Waals surface area contributed by atoms with Crippen LogP contribution in [0.5, 0.6) is 11.5 Å². The fourth-order valence-electron chi connectivity index (χ4n) is 2.31. The number of hydrogen-bond acceptors (Lipinski definition) is 3. The second-order valence-corrected chi connectivity index (χ2v) is 5.80. The molecule has 6 heteroatoms. The Kier molecular flexibility index (Phi) is 6.04. The zero-order chi connectivity index (χ0) is 17.7. The van der Waals surface area contributed by atoms with E-state index in [1.807, 2.05) is 0 Å². The molecule has 0 saturated heterocycles. The number of benzene rings is 2. The van der Waals surface area contributed by atoms with Gasteiger partial charge in [-0.3, -0.25) is 4.79 Å². The van der Waals surface area contributed by atoms with Crippen molar-refractivity contribution >= 4 is 17.5 Å². The molecule has 2 rings (SSSR count). The maximum atomic E-state index is 13.2. The van der Waals surface area contributed by atoms with Gasteiger partial charge in [0.25, 0.3) is 5.91 Å². The van der Waals surface area contributed by atoms with Gasteiger partial charge in [-0.05, 0) is 37.3 Å². The van der Waals surface area contributed by atoms with Crippen LogP contribution in [0.3, 0.4) is 0 Å². The number of hydrogen-bond donors (Lipinski definition) is 0. The van der Waals surface area contributed by atoms with Gasteiger partial charge in [-0.1, -0.05) is 17.7 Å². The molecule has 128 valence electrons. The molecule has 2 aromatic rings. The van der Waals surface area contributed by atoms with Gasteiger partial charge in [0.05, 0.1) is 7.11 Å². The topological polar surface area (TPSA) is 38.8 Å². The highest BCUT2D eigenvalue weighted by atomic mass is 35.5. The van der Waals surface area contributed by atoms with Gasteiger partial charge < -0.3 is 14.4 Å². The molecule has 24 heavy (non-hydrogen) atoms. The lowest BCUT2D eigenvalue weighted by atomic mass is 10.2. The molecular formula is C18H19ClFNO3. The molecule has 0 saturated carbocycles. The number of nitrogens with zero attached hydrogens (tertiary/aromatic N) is 1. The first-order chi connectivity index (χ1) is 11.4. The van der Waals surface area contributed by atoms with Crippen molar-refractivity contribution < 1.29 is 18.7 Å². The lowest BCUT2D eigenvalue weighted by Gasteiger charge is -2.23. The summed E-state index contributed by atoms with van der Waals surface area (Å²) >= 11 is 6.00. The fraction of sp³-hybridized carbons (Fsp3) is 0.278. The van der Waals surface area contributed by atoms with Crippen LogP contribution in [0.1, 0.15) is 12.5 Å². The molecule has 0 fully saturated rings. The first-order valence-corrected chi connectivity index (χ1v) is 7.78. The minimum Gasteiger partial charge on any atom is -0.496 e. The summed E-state index contributed by atoms with van der Waals surface area (Å²) in [5, 5.41) is 0.565. The fourth-order valence-corrected chi connectivity index (χ4v) is 2.50. The van der Waals surface area contributed by atoms with E-state index in [1.165, 1.54) is 23.1 Å². The van der Waals surface area contributed by atoms with Crippen molar-refractivity contribution in [3.05, 3.63) is 58.9 Å². The van der Waals surface area contributed by atoms with Crippen LogP contribution in [0.25, 0.3) is 0 Å². The van der Waals surface area contributed by atoms with Crippen LogP contribution < -0.4 is 9.47 Å². The van der Waals surface area contributed by atoms with Gasteiger partial charge in [-0.15, -0.1) is 0 Å². The van der Waals surface area contributed by atoms with Gasteiger partial charge in [0.1, 0.15) is 17.3 Å². The predicted octanol–water partition coefficient (Wildman–Crippen LogP) is 3.91. The molecule has 0 aliphatic carbocycles. The normalized spacial score (nSPS) is 11.7. The summed E-state index contributed by atoms with van der Waals surface area (Å²) < 4.78 is 24.0. The Bertz CT molecular complexity index is 723. The van der Waals surface area contributed by atoms with Gasteiger partial charge in [0.15, 0.2) is 6.10 Å². The van der Waals surface area contributed by atoms with Gasteiger partial charge >= 0.3 is 0 Å². The molecule has 4 nitrogen and oxygen atoms in total. The van der Waals surface area contributed by atoms with Gasteiger partial charge in [-0.25, -0.2) is 4.39 Å². The number of halogens is 2. The molecule has 2 aromatic carbocycles. The molecule has 0 aromatic heterocycles. The van der Waals surface area contributed by atoms with Crippen molar-refractivity contribution in [2.45, 2.75) is 19.6 Å². The third-order valence-corrected chi connectivity index (χ3v) is 3.72. The maximum Gasteiger partial charge on any atom is 0.263 e. The highest BCUT2D eigenvalue weighted by Gasteiger charge is 2.20. The van der Waals surface area contributed by atoms with Crippen molar-refractivity contribution in [1.29, 1.82) is 0 Å². The second-order valence-electron chi connectivity index (χ2n) is 5.37. The van der Waals surface area contributed by atoms with E-state index in [0.717, 1.165) is 5.56 Å². The standard InChI is InChI=1S/C18H19ClFNO3/c1-12(24-16-6-4-5-15(20)10-16)18(22)21(2)11-13-9-14(19)7-8-17(13)23-3/h4-10,12H,11H2,1-3H3. The number of likely N-dealkylation sites (N-methyl/N-ethyl adjacent to an activating group) is 1. The molecule has 1 atom stereocenters. The van der Waals surface area contributed by atoms with Crippen molar-refractivity contribution in [1.82, 2.24) is 4.90 Å². The van der Waals surface area contributed by atoms with E-state index >= 15 is 0 Å². The monoisotopic (exact) mass is 351 g/mol. The summed E-state index contributed by atoms with van der Waals surface area (Å²) in [5.74, 6) is 0.313. The van der Waals surface area contributed by atoms with Gasteiger partial charge in [0, 0.05) is 30.2 Å². The maximum absolute atomic E-state index is 13.2. The van der Waals surface area contributed by atoms with Gasteiger partial charge in [-0.2, -0.15) is 0 Å². The lowest BCUT2D eigenvalue weighted by Crippen LogP contribution is -2.37. The van der Waals surface area contributed by atoms with Crippen LogP contribution in [0.15, 0.2) is 42.5 Å². The largest absolute Gasteiger partial charge is 0.496 e. The van der Waals surface area contributed by atoms with E-state index in [1.54, 1.807) is 45.3 Å². The molecule has 1 unspecified atom stereocenters. The Labute approximate surface area is 145 Å². The summed E-state index contributed by atoms with van der Waals surface area (Å²) in [6, 6.07) is 10.9. The third-order valence-electron chi connectivity index (χ3n) is 3.48. The average Bonchev–Trinajstić information content (AvgIpc) is 2.54. The summed E-state index contributed by atoms with van der Waals surface area (Å²) in [6.07, 6.45) is -0.748. The molecule has 0 bridgehead atoms. The Balaban J connectivity index is 2.05. The van der Waals surface area contributed by atoms with E-state index in [0.29, 0.717) is 23.1 Å². The number of ether oxygens (including phenoxy) is 2. The summed E-state index contributed by atoms with van der Waals surface area (Å²) in [7, 11) is 3.22. The smallest absolute Gasteiger partial charge is 0.263 e. The van der Waals surface area contributed by atoms with Crippen molar-refractivity contribution in [2.75, 3.05) is 14.2 Å². The molecule has 0 aliphatic heterocycles. The Morgan fingerprint density at radius 3 is 2.71 bits per heavy atom. The summed E-state index contributed by atoms with van der Waals surface area (Å²) in [4.78, 5) is 14.0. The molecule has 1 amide bonds. The summed E-state index contributed by atoms with van der Waals surface area (Å²) in [6.45, 7) is 1.94. The van der Waals surface area contributed by atoms with E-state index in [-0.39, 0.29) is 5.91 Å². The zero-order valence-electron chi connectivity index (χ0n) is 13.8. The van der Waals surface area contributed by atoms with E-state index in [9.17, 15) is 9.18 Å². The van der Waals surface area contributed by atoms with Crippen LogP contribution in [0.2, 0.25) is 5.02 Å². The van der Waals surface area contributed by atoms with Crippen LogP contribution in [0.4, 0.5) is 4.39 Å².